The van der Waals surface area contributed by atoms with Crippen LogP contribution in [0.4, 0.5) is 5.69 Å². The van der Waals surface area contributed by atoms with Crippen LogP contribution >= 0.6 is 24.2 Å². The van der Waals surface area contributed by atoms with E-state index in [0.717, 1.165) is 32.6 Å². The highest BCUT2D eigenvalue weighted by Gasteiger charge is 2.25. The molecule has 0 saturated carbocycles. The van der Waals surface area contributed by atoms with Crippen LogP contribution in [0, 0.1) is 0 Å². The Labute approximate surface area is 200 Å². The van der Waals surface area contributed by atoms with E-state index < -0.39 is 0 Å². The minimum atomic E-state index is 0. The number of benzene rings is 3. The van der Waals surface area contributed by atoms with Crippen molar-refractivity contribution in [2.75, 3.05) is 37.6 Å². The molecule has 1 N–H and O–H groups in total. The van der Waals surface area contributed by atoms with Crippen molar-refractivity contribution in [2.24, 2.45) is 0 Å². The number of rotatable bonds is 4. The number of hydrogen-bond donors (Lipinski definition) is 1. The average Bonchev–Trinajstić information content (AvgIpc) is 2.96. The molecule has 0 bridgehead atoms. The maximum Gasteiger partial charge on any atom is 0.234 e. The lowest BCUT2D eigenvalue weighted by Crippen LogP contribution is -2.50. The van der Waals surface area contributed by atoms with Crippen LogP contribution in [0.1, 0.15) is 17.2 Å². The number of fused-ring (bicyclic) bond motifs is 2. The molecular weight excluding hydrogens is 438 g/mol. The number of amides is 1. The van der Waals surface area contributed by atoms with Crippen LogP contribution in [0.2, 0.25) is 0 Å². The second-order valence-corrected chi connectivity index (χ2v) is 9.25. The van der Waals surface area contributed by atoms with Gasteiger partial charge < -0.3 is 10.2 Å². The largest absolute Gasteiger partial charge is 0.369 e. The van der Waals surface area contributed by atoms with E-state index in [2.05, 4.69) is 87.9 Å². The number of halogens is 1. The molecule has 0 aromatic heterocycles. The third-order valence-electron chi connectivity index (χ3n) is 6.11. The quantitative estimate of drug-likeness (QED) is 0.600. The summed E-state index contributed by atoms with van der Waals surface area (Å²) >= 11 is 1.80. The molecule has 2 aliphatic heterocycles. The topological polar surface area (TPSA) is 35.6 Å². The van der Waals surface area contributed by atoms with Crippen LogP contribution in [0.25, 0.3) is 0 Å². The van der Waals surface area contributed by atoms with Gasteiger partial charge in [0.2, 0.25) is 5.91 Å². The molecule has 166 valence electrons. The molecule has 0 radical (unpaired) electrons. The highest BCUT2D eigenvalue weighted by atomic mass is 35.5. The van der Waals surface area contributed by atoms with Crippen LogP contribution in [0.15, 0.2) is 88.7 Å². The molecular formula is C26H28ClN3OS. The second-order valence-electron chi connectivity index (χ2n) is 8.17. The molecule has 5 rings (SSSR count). The van der Waals surface area contributed by atoms with Gasteiger partial charge in [-0.05, 0) is 41.8 Å². The summed E-state index contributed by atoms with van der Waals surface area (Å²) in [7, 11) is 0. The molecule has 32 heavy (non-hydrogen) atoms. The summed E-state index contributed by atoms with van der Waals surface area (Å²) in [4.78, 5) is 20.2. The van der Waals surface area contributed by atoms with Crippen molar-refractivity contribution >= 4 is 35.8 Å². The molecule has 1 unspecified atom stereocenters. The zero-order valence-electron chi connectivity index (χ0n) is 17.9. The second kappa shape index (κ2) is 10.4. The number of carbonyl (C=O) groups is 1. The van der Waals surface area contributed by atoms with Crippen LogP contribution in [-0.2, 0) is 11.2 Å². The van der Waals surface area contributed by atoms with E-state index in [4.69, 9.17) is 0 Å². The van der Waals surface area contributed by atoms with Crippen molar-refractivity contribution in [1.29, 1.82) is 0 Å². The molecule has 1 atom stereocenters. The van der Waals surface area contributed by atoms with Crippen LogP contribution < -0.4 is 10.2 Å². The van der Waals surface area contributed by atoms with E-state index in [9.17, 15) is 4.79 Å². The SMILES string of the molecule is Cl.O=C(CN1CCN(c2ccccc2)CC1)NC1Cc2ccccc2Sc2ccccc21. The lowest BCUT2D eigenvalue weighted by atomic mass is 9.99. The Hall–Kier alpha value is -2.47. The molecule has 1 fully saturated rings. The van der Waals surface area contributed by atoms with E-state index in [1.807, 2.05) is 6.07 Å². The van der Waals surface area contributed by atoms with Crippen molar-refractivity contribution in [2.45, 2.75) is 22.3 Å². The first kappa shape index (κ1) is 22.7. The number of nitrogens with zero attached hydrogens (tertiary/aromatic N) is 2. The van der Waals surface area contributed by atoms with Crippen molar-refractivity contribution < 1.29 is 4.79 Å². The standard InChI is InChI=1S/C26H27N3OS.ClH/c30-26(19-28-14-16-29(17-15-28)21-9-2-1-3-10-21)27-23-18-20-8-4-6-12-24(20)31-25-13-7-5-11-22(23)25;/h1-13,23H,14-19H2,(H,27,30);1H. The zero-order valence-corrected chi connectivity index (χ0v) is 19.6. The molecule has 2 aliphatic rings. The van der Waals surface area contributed by atoms with Gasteiger partial charge in [-0.1, -0.05) is 66.4 Å². The fourth-order valence-electron chi connectivity index (χ4n) is 4.46. The van der Waals surface area contributed by atoms with Gasteiger partial charge in [-0.15, -0.1) is 12.4 Å². The van der Waals surface area contributed by atoms with Crippen LogP contribution in [0.5, 0.6) is 0 Å². The third-order valence-corrected chi connectivity index (χ3v) is 7.32. The number of piperazine rings is 1. The Kier molecular flexibility index (Phi) is 7.40. The first-order valence-corrected chi connectivity index (χ1v) is 11.7. The van der Waals surface area contributed by atoms with Gasteiger partial charge in [0.15, 0.2) is 0 Å². The fourth-order valence-corrected chi connectivity index (χ4v) is 5.60. The van der Waals surface area contributed by atoms with E-state index in [1.165, 1.54) is 26.6 Å². The molecule has 1 amide bonds. The molecule has 3 aromatic carbocycles. The molecule has 4 nitrogen and oxygen atoms in total. The van der Waals surface area contributed by atoms with Crippen molar-refractivity contribution in [3.63, 3.8) is 0 Å². The van der Waals surface area contributed by atoms with Gasteiger partial charge in [-0.2, -0.15) is 0 Å². The summed E-state index contributed by atoms with van der Waals surface area (Å²) in [5.74, 6) is 0.109. The van der Waals surface area contributed by atoms with Crippen molar-refractivity contribution in [1.82, 2.24) is 10.2 Å². The highest BCUT2D eigenvalue weighted by Crippen LogP contribution is 2.40. The summed E-state index contributed by atoms with van der Waals surface area (Å²) in [6.45, 7) is 4.17. The number of carbonyl (C=O) groups excluding carboxylic acids is 1. The molecule has 0 aliphatic carbocycles. The summed E-state index contributed by atoms with van der Waals surface area (Å²) in [5.41, 5.74) is 3.77. The van der Waals surface area contributed by atoms with Gasteiger partial charge >= 0.3 is 0 Å². The molecule has 1 saturated heterocycles. The molecule has 3 aromatic rings. The van der Waals surface area contributed by atoms with Crippen molar-refractivity contribution in [3.8, 4) is 0 Å². The normalized spacial score (nSPS) is 18.0. The Morgan fingerprint density at radius 1 is 0.844 bits per heavy atom. The number of nitrogens with one attached hydrogen (secondary N) is 1. The fraction of sp³-hybridized carbons (Fsp3) is 0.269. The maximum atomic E-state index is 13.0. The third kappa shape index (κ3) is 5.12. The Balaban J connectivity index is 0.00000245. The van der Waals surface area contributed by atoms with Gasteiger partial charge in [0.1, 0.15) is 0 Å². The maximum absolute atomic E-state index is 13.0. The molecule has 6 heteroatoms. The van der Waals surface area contributed by atoms with E-state index in [-0.39, 0.29) is 24.4 Å². The Bertz CT molecular complexity index is 1050. The predicted molar refractivity (Wildman–Crippen MR) is 134 cm³/mol. The average molecular weight is 466 g/mol. The first-order chi connectivity index (χ1) is 15.3. The van der Waals surface area contributed by atoms with E-state index in [1.54, 1.807) is 11.8 Å². The van der Waals surface area contributed by atoms with Crippen LogP contribution in [0.3, 0.4) is 0 Å². The number of hydrogen-bond acceptors (Lipinski definition) is 4. The Morgan fingerprint density at radius 3 is 2.28 bits per heavy atom. The lowest BCUT2D eigenvalue weighted by molar-refractivity contribution is -0.123. The van der Waals surface area contributed by atoms with Crippen LogP contribution in [-0.4, -0.2) is 43.5 Å². The van der Waals surface area contributed by atoms with Gasteiger partial charge in [-0.3, -0.25) is 9.69 Å². The van der Waals surface area contributed by atoms with Gasteiger partial charge in [0.25, 0.3) is 0 Å². The Morgan fingerprint density at radius 2 is 1.50 bits per heavy atom. The number of para-hydroxylation sites is 1. The monoisotopic (exact) mass is 465 g/mol. The summed E-state index contributed by atoms with van der Waals surface area (Å²) in [6.07, 6.45) is 0.827. The van der Waals surface area contributed by atoms with E-state index in [0.29, 0.717) is 6.54 Å². The summed E-state index contributed by atoms with van der Waals surface area (Å²) in [5, 5.41) is 3.34. The molecule has 0 spiro atoms. The minimum absolute atomic E-state index is 0. The molecule has 2 heterocycles. The van der Waals surface area contributed by atoms with Gasteiger partial charge in [-0.25, -0.2) is 0 Å². The number of anilines is 1. The highest BCUT2D eigenvalue weighted by molar-refractivity contribution is 7.99. The predicted octanol–water partition coefficient (Wildman–Crippen LogP) is 4.80. The first-order valence-electron chi connectivity index (χ1n) is 10.9. The lowest BCUT2D eigenvalue weighted by Gasteiger charge is -2.36. The van der Waals surface area contributed by atoms with E-state index >= 15 is 0 Å². The summed E-state index contributed by atoms with van der Waals surface area (Å²) in [6, 6.07) is 27.5. The van der Waals surface area contributed by atoms with Gasteiger partial charge in [0, 0.05) is 41.7 Å². The summed E-state index contributed by atoms with van der Waals surface area (Å²) < 4.78 is 0. The smallest absolute Gasteiger partial charge is 0.234 e. The van der Waals surface area contributed by atoms with Crippen molar-refractivity contribution in [3.05, 3.63) is 90.0 Å². The van der Waals surface area contributed by atoms with Gasteiger partial charge in [0.05, 0.1) is 12.6 Å². The zero-order chi connectivity index (χ0) is 21.0. The minimum Gasteiger partial charge on any atom is -0.369 e.